The zero-order valence-corrected chi connectivity index (χ0v) is 6.88. The second-order valence-electron chi connectivity index (χ2n) is 2.33. The first-order chi connectivity index (χ1) is 5.86. The van der Waals surface area contributed by atoms with Crippen LogP contribution in [-0.4, -0.2) is 4.98 Å². The molecule has 1 radical (unpaired) electrons. The number of hydrogen-bond donors (Lipinski definition) is 0. The lowest BCUT2D eigenvalue weighted by atomic mass is 10.2. The molecule has 2 aromatic rings. The summed E-state index contributed by atoms with van der Waals surface area (Å²) in [5.74, 6) is 0. The van der Waals surface area contributed by atoms with Crippen molar-refractivity contribution in [3.63, 3.8) is 0 Å². The molecule has 0 aliphatic rings. The number of hydrogen-bond acceptors (Lipinski definition) is 2. The van der Waals surface area contributed by atoms with Gasteiger partial charge in [0.05, 0.1) is 0 Å². The van der Waals surface area contributed by atoms with Crippen molar-refractivity contribution in [2.75, 3.05) is 0 Å². The predicted molar refractivity (Wildman–Crippen MR) is 45.8 cm³/mol. The van der Waals surface area contributed by atoms with E-state index in [0.29, 0.717) is 5.02 Å². The van der Waals surface area contributed by atoms with Crippen LogP contribution in [0.3, 0.4) is 0 Å². The molecule has 1 aromatic heterocycles. The van der Waals surface area contributed by atoms with Gasteiger partial charge in [0.1, 0.15) is 12.0 Å². The molecule has 0 saturated carbocycles. The van der Waals surface area contributed by atoms with Gasteiger partial charge in [0.15, 0.2) is 0 Å². The summed E-state index contributed by atoms with van der Waals surface area (Å²) in [6.45, 7) is 0. The second kappa shape index (κ2) is 2.99. The molecule has 0 N–H and O–H groups in total. The fourth-order valence-corrected chi connectivity index (χ4v) is 1.15. The molecular weight excluding hydrogens is 174 g/mol. The van der Waals surface area contributed by atoms with Gasteiger partial charge >= 0.3 is 0 Å². The summed E-state index contributed by atoms with van der Waals surface area (Å²) >= 11 is 5.79. The van der Waals surface area contributed by atoms with E-state index in [1.807, 2.05) is 24.3 Å². The van der Waals surface area contributed by atoms with Crippen LogP contribution in [0.25, 0.3) is 11.3 Å². The molecule has 0 spiro atoms. The lowest BCUT2D eigenvalue weighted by molar-refractivity contribution is 0.548. The molecule has 0 unspecified atom stereocenters. The Kier molecular flexibility index (Phi) is 1.84. The van der Waals surface area contributed by atoms with E-state index in [1.54, 1.807) is 0 Å². The standard InChI is InChI=1S/C9H5ClNO/c10-8-3-1-2-7(4-8)9-5-12-6-11-9/h1-5H. The third-order valence-electron chi connectivity index (χ3n) is 1.51. The van der Waals surface area contributed by atoms with Crippen LogP contribution < -0.4 is 0 Å². The number of oxazole rings is 1. The van der Waals surface area contributed by atoms with Gasteiger partial charge in [-0.2, -0.15) is 0 Å². The third kappa shape index (κ3) is 1.34. The highest BCUT2D eigenvalue weighted by Crippen LogP contribution is 2.20. The molecule has 2 nitrogen and oxygen atoms in total. The number of halogens is 1. The Morgan fingerprint density at radius 3 is 3.00 bits per heavy atom. The van der Waals surface area contributed by atoms with Crippen LogP contribution in [0, 0.1) is 6.39 Å². The minimum atomic E-state index is 0.690. The average molecular weight is 179 g/mol. The molecule has 3 heteroatoms. The van der Waals surface area contributed by atoms with Crippen LogP contribution in [0.4, 0.5) is 0 Å². The smallest absolute Gasteiger partial charge is 0.284 e. The number of aromatic nitrogens is 1. The van der Waals surface area contributed by atoms with Gasteiger partial charge in [-0.15, -0.1) is 0 Å². The molecule has 59 valence electrons. The van der Waals surface area contributed by atoms with E-state index < -0.39 is 0 Å². The molecule has 1 heterocycles. The maximum atomic E-state index is 5.79. The summed E-state index contributed by atoms with van der Waals surface area (Å²) in [7, 11) is 0. The minimum absolute atomic E-state index is 0.690. The van der Waals surface area contributed by atoms with Gasteiger partial charge in [-0.05, 0) is 12.1 Å². The SMILES string of the molecule is Clc1cccc(-c2co[c]n2)c1. The Labute approximate surface area is 74.8 Å². The largest absolute Gasteiger partial charge is 0.440 e. The topological polar surface area (TPSA) is 26.0 Å². The van der Waals surface area contributed by atoms with Crippen molar-refractivity contribution in [2.24, 2.45) is 0 Å². The Balaban J connectivity index is 2.48. The summed E-state index contributed by atoms with van der Waals surface area (Å²) in [5, 5.41) is 0.690. The molecule has 0 bridgehead atoms. The highest BCUT2D eigenvalue weighted by molar-refractivity contribution is 6.30. The van der Waals surface area contributed by atoms with E-state index in [9.17, 15) is 0 Å². The first-order valence-corrected chi connectivity index (χ1v) is 3.81. The zero-order valence-electron chi connectivity index (χ0n) is 6.12. The van der Waals surface area contributed by atoms with Crippen LogP contribution in [0.1, 0.15) is 0 Å². The van der Waals surface area contributed by atoms with Gasteiger partial charge in [-0.25, -0.2) is 4.98 Å². The normalized spacial score (nSPS) is 10.1. The van der Waals surface area contributed by atoms with Crippen molar-refractivity contribution in [1.29, 1.82) is 0 Å². The molecule has 0 fully saturated rings. The van der Waals surface area contributed by atoms with Gasteiger partial charge in [-0.3, -0.25) is 0 Å². The van der Waals surface area contributed by atoms with Gasteiger partial charge in [0, 0.05) is 10.6 Å². The van der Waals surface area contributed by atoms with Crippen molar-refractivity contribution in [1.82, 2.24) is 4.98 Å². The zero-order chi connectivity index (χ0) is 8.39. The average Bonchev–Trinajstić information content (AvgIpc) is 2.56. The van der Waals surface area contributed by atoms with Crippen molar-refractivity contribution in [2.45, 2.75) is 0 Å². The Bertz CT molecular complexity index is 370. The van der Waals surface area contributed by atoms with E-state index in [2.05, 4.69) is 11.4 Å². The van der Waals surface area contributed by atoms with Crippen LogP contribution in [-0.2, 0) is 0 Å². The van der Waals surface area contributed by atoms with Crippen molar-refractivity contribution < 1.29 is 4.42 Å². The van der Waals surface area contributed by atoms with Crippen molar-refractivity contribution >= 4 is 11.6 Å². The molecule has 2 rings (SSSR count). The molecule has 0 amide bonds. The van der Waals surface area contributed by atoms with E-state index in [-0.39, 0.29) is 0 Å². The van der Waals surface area contributed by atoms with Crippen LogP contribution >= 0.6 is 11.6 Å². The fraction of sp³-hybridized carbons (Fsp3) is 0. The van der Waals surface area contributed by atoms with E-state index in [0.717, 1.165) is 11.3 Å². The lowest BCUT2D eigenvalue weighted by Gasteiger charge is -1.94. The third-order valence-corrected chi connectivity index (χ3v) is 1.74. The van der Waals surface area contributed by atoms with Gasteiger partial charge in [0.2, 0.25) is 0 Å². The van der Waals surface area contributed by atoms with Gasteiger partial charge in [-0.1, -0.05) is 23.7 Å². The highest BCUT2D eigenvalue weighted by atomic mass is 35.5. The molecule has 0 saturated heterocycles. The van der Waals surface area contributed by atoms with Crippen LogP contribution in [0.2, 0.25) is 5.02 Å². The molecule has 0 aliphatic heterocycles. The Morgan fingerprint density at radius 1 is 1.42 bits per heavy atom. The van der Waals surface area contributed by atoms with Crippen LogP contribution in [0.15, 0.2) is 34.9 Å². The number of rotatable bonds is 1. The van der Waals surface area contributed by atoms with Crippen molar-refractivity contribution in [3.05, 3.63) is 41.9 Å². The minimum Gasteiger partial charge on any atom is -0.440 e. The molecule has 12 heavy (non-hydrogen) atoms. The summed E-state index contributed by atoms with van der Waals surface area (Å²) in [6, 6.07) is 7.42. The summed E-state index contributed by atoms with van der Waals surface area (Å²) in [4.78, 5) is 3.88. The van der Waals surface area contributed by atoms with E-state index in [4.69, 9.17) is 16.0 Å². The maximum absolute atomic E-state index is 5.79. The van der Waals surface area contributed by atoms with E-state index in [1.165, 1.54) is 6.26 Å². The molecular formula is C9H5ClNO. The monoisotopic (exact) mass is 178 g/mol. The molecule has 0 aliphatic carbocycles. The first kappa shape index (κ1) is 7.37. The number of nitrogens with zero attached hydrogens (tertiary/aromatic N) is 1. The maximum Gasteiger partial charge on any atom is 0.284 e. The first-order valence-electron chi connectivity index (χ1n) is 3.44. The summed E-state index contributed by atoms with van der Waals surface area (Å²) < 4.78 is 4.73. The van der Waals surface area contributed by atoms with E-state index >= 15 is 0 Å². The quantitative estimate of drug-likeness (QED) is 0.671. The Morgan fingerprint density at radius 2 is 2.33 bits per heavy atom. The van der Waals surface area contributed by atoms with Gasteiger partial charge in [0.25, 0.3) is 6.39 Å². The lowest BCUT2D eigenvalue weighted by Crippen LogP contribution is -1.75. The predicted octanol–water partition coefficient (Wildman–Crippen LogP) is 2.80. The Hall–Kier alpha value is -1.28. The highest BCUT2D eigenvalue weighted by Gasteiger charge is 2.00. The van der Waals surface area contributed by atoms with Crippen molar-refractivity contribution in [3.8, 4) is 11.3 Å². The summed E-state index contributed by atoms with van der Waals surface area (Å²) in [5.41, 5.74) is 1.69. The number of benzene rings is 1. The van der Waals surface area contributed by atoms with Gasteiger partial charge < -0.3 is 4.42 Å². The molecule has 1 aromatic carbocycles. The molecule has 0 atom stereocenters. The fourth-order valence-electron chi connectivity index (χ4n) is 0.964. The second-order valence-corrected chi connectivity index (χ2v) is 2.77. The van der Waals surface area contributed by atoms with Crippen LogP contribution in [0.5, 0.6) is 0 Å². The summed E-state index contributed by atoms with van der Waals surface area (Å²) in [6.07, 6.45) is 3.91.